The predicted octanol–water partition coefficient (Wildman–Crippen LogP) is 2.57. The number of anilines is 1. The maximum absolute atomic E-state index is 4.86. The molecule has 0 spiro atoms. The molecule has 0 aliphatic carbocycles. The fourth-order valence-electron chi connectivity index (χ4n) is 3.82. The van der Waals surface area contributed by atoms with Crippen LogP contribution in [-0.2, 0) is 13.0 Å². The van der Waals surface area contributed by atoms with Gasteiger partial charge in [-0.3, -0.25) is 0 Å². The van der Waals surface area contributed by atoms with Crippen molar-refractivity contribution in [3.8, 4) is 0 Å². The van der Waals surface area contributed by atoms with E-state index in [4.69, 9.17) is 4.98 Å². The van der Waals surface area contributed by atoms with Crippen molar-refractivity contribution in [1.29, 1.82) is 0 Å². The van der Waals surface area contributed by atoms with E-state index in [1.165, 1.54) is 37.3 Å². The van der Waals surface area contributed by atoms with E-state index in [0.717, 1.165) is 31.5 Å². The Morgan fingerprint density at radius 3 is 2.60 bits per heavy atom. The number of imidazole rings is 1. The summed E-state index contributed by atoms with van der Waals surface area (Å²) in [5, 5.41) is 3.73. The second kappa shape index (κ2) is 5.76. The molecular weight excluding hydrogens is 248 g/mol. The first-order chi connectivity index (χ1) is 9.71. The monoisotopic (exact) mass is 276 g/mol. The van der Waals surface area contributed by atoms with Crippen molar-refractivity contribution < 1.29 is 0 Å². The van der Waals surface area contributed by atoms with Gasteiger partial charge in [0.05, 0.1) is 5.69 Å². The summed E-state index contributed by atoms with van der Waals surface area (Å²) in [6, 6.07) is 2.12. The number of rotatable bonds is 5. The molecule has 4 nitrogen and oxygen atoms in total. The van der Waals surface area contributed by atoms with E-state index in [-0.39, 0.29) is 0 Å². The summed E-state index contributed by atoms with van der Waals surface area (Å²) in [4.78, 5) is 7.31. The normalized spacial score (nSPS) is 28.9. The molecule has 112 valence electrons. The standard InChI is InChI=1S/C16H28N4/c1-4-8-20-11-12(5-2)18-16(20)19(3)15-9-13-6-7-14(10-15)17-13/h11,13-15,17H,4-10H2,1-3H3. The highest BCUT2D eigenvalue weighted by Gasteiger charge is 2.36. The molecule has 0 saturated carbocycles. The number of aromatic nitrogens is 2. The molecule has 1 aromatic heterocycles. The lowest BCUT2D eigenvalue weighted by atomic mass is 9.99. The van der Waals surface area contributed by atoms with Gasteiger partial charge in [-0.1, -0.05) is 13.8 Å². The van der Waals surface area contributed by atoms with Crippen molar-refractivity contribution in [1.82, 2.24) is 14.9 Å². The maximum Gasteiger partial charge on any atom is 0.205 e. The van der Waals surface area contributed by atoms with Crippen molar-refractivity contribution in [3.63, 3.8) is 0 Å². The lowest BCUT2D eigenvalue weighted by Gasteiger charge is -2.36. The van der Waals surface area contributed by atoms with Crippen molar-refractivity contribution >= 4 is 5.95 Å². The Hall–Kier alpha value is -1.03. The zero-order chi connectivity index (χ0) is 14.1. The minimum absolute atomic E-state index is 0.650. The van der Waals surface area contributed by atoms with Gasteiger partial charge in [0, 0.05) is 37.9 Å². The fraction of sp³-hybridized carbons (Fsp3) is 0.812. The minimum Gasteiger partial charge on any atom is -0.342 e. The highest BCUT2D eigenvalue weighted by Crippen LogP contribution is 2.31. The van der Waals surface area contributed by atoms with Gasteiger partial charge in [-0.05, 0) is 38.5 Å². The summed E-state index contributed by atoms with van der Waals surface area (Å²) in [7, 11) is 2.24. The molecule has 3 heterocycles. The molecule has 1 aromatic rings. The smallest absolute Gasteiger partial charge is 0.205 e. The van der Waals surface area contributed by atoms with Crippen LogP contribution in [0.2, 0.25) is 0 Å². The third kappa shape index (κ3) is 2.58. The molecule has 0 amide bonds. The van der Waals surface area contributed by atoms with Gasteiger partial charge in [0.15, 0.2) is 0 Å². The van der Waals surface area contributed by atoms with Crippen LogP contribution in [0.3, 0.4) is 0 Å². The van der Waals surface area contributed by atoms with E-state index in [1.807, 2.05) is 0 Å². The Balaban J connectivity index is 1.78. The Morgan fingerprint density at radius 1 is 1.30 bits per heavy atom. The molecule has 2 saturated heterocycles. The van der Waals surface area contributed by atoms with Crippen LogP contribution in [0.1, 0.15) is 51.6 Å². The highest BCUT2D eigenvalue weighted by atomic mass is 15.3. The quantitative estimate of drug-likeness (QED) is 0.897. The van der Waals surface area contributed by atoms with Gasteiger partial charge >= 0.3 is 0 Å². The van der Waals surface area contributed by atoms with Gasteiger partial charge in [0.2, 0.25) is 5.95 Å². The molecule has 4 heteroatoms. The highest BCUT2D eigenvalue weighted by molar-refractivity contribution is 5.35. The summed E-state index contributed by atoms with van der Waals surface area (Å²) in [5.74, 6) is 1.18. The lowest BCUT2D eigenvalue weighted by Crippen LogP contribution is -2.47. The average Bonchev–Trinajstić information content (AvgIpc) is 3.02. The Bertz CT molecular complexity index is 441. The Labute approximate surface area is 122 Å². The van der Waals surface area contributed by atoms with Crippen molar-refractivity contribution in [2.75, 3.05) is 11.9 Å². The molecule has 3 rings (SSSR count). The summed E-state index contributed by atoms with van der Waals surface area (Å²) < 4.78 is 2.35. The average molecular weight is 276 g/mol. The van der Waals surface area contributed by atoms with Crippen molar-refractivity contribution in [2.45, 2.75) is 77.0 Å². The molecule has 2 fully saturated rings. The molecule has 0 radical (unpaired) electrons. The molecule has 2 unspecified atom stereocenters. The van der Waals surface area contributed by atoms with Crippen LogP contribution < -0.4 is 10.2 Å². The molecule has 20 heavy (non-hydrogen) atoms. The number of hydrogen-bond donors (Lipinski definition) is 1. The van der Waals surface area contributed by atoms with Crippen molar-refractivity contribution in [2.24, 2.45) is 0 Å². The Morgan fingerprint density at radius 2 is 2.00 bits per heavy atom. The summed E-state index contributed by atoms with van der Waals surface area (Å²) in [5.41, 5.74) is 1.22. The van der Waals surface area contributed by atoms with Gasteiger partial charge in [-0.25, -0.2) is 4.98 Å². The molecule has 0 aromatic carbocycles. The molecule has 2 aliphatic rings. The van der Waals surface area contributed by atoms with E-state index in [9.17, 15) is 0 Å². The maximum atomic E-state index is 4.86. The summed E-state index contributed by atoms with van der Waals surface area (Å²) in [6.45, 7) is 5.50. The second-order valence-electron chi connectivity index (χ2n) is 6.45. The van der Waals surface area contributed by atoms with E-state index < -0.39 is 0 Å². The zero-order valence-corrected chi connectivity index (χ0v) is 13.1. The number of nitrogens with zero attached hydrogens (tertiary/aromatic N) is 3. The number of piperidine rings is 1. The van der Waals surface area contributed by atoms with Crippen LogP contribution in [-0.4, -0.2) is 34.7 Å². The minimum atomic E-state index is 0.650. The Kier molecular flexibility index (Phi) is 4.01. The van der Waals surface area contributed by atoms with E-state index in [1.54, 1.807) is 0 Å². The van der Waals surface area contributed by atoms with E-state index >= 15 is 0 Å². The number of hydrogen-bond acceptors (Lipinski definition) is 3. The molecular formula is C16H28N4. The summed E-state index contributed by atoms with van der Waals surface area (Å²) in [6.07, 6.45) is 9.69. The van der Waals surface area contributed by atoms with Crippen LogP contribution in [0, 0.1) is 0 Å². The molecule has 2 aliphatic heterocycles. The SMILES string of the molecule is CCCn1cc(CC)nc1N(C)C1CC2CCC(C1)N2. The third-order valence-electron chi connectivity index (χ3n) is 4.94. The van der Waals surface area contributed by atoms with Gasteiger partial charge in [-0.15, -0.1) is 0 Å². The number of nitrogens with one attached hydrogen (secondary N) is 1. The van der Waals surface area contributed by atoms with Crippen LogP contribution in [0.5, 0.6) is 0 Å². The van der Waals surface area contributed by atoms with E-state index in [2.05, 4.69) is 41.9 Å². The fourth-order valence-corrected chi connectivity index (χ4v) is 3.82. The first-order valence-corrected chi connectivity index (χ1v) is 8.26. The third-order valence-corrected chi connectivity index (χ3v) is 4.94. The van der Waals surface area contributed by atoms with Gasteiger partial charge in [-0.2, -0.15) is 0 Å². The van der Waals surface area contributed by atoms with Gasteiger partial charge in [0.25, 0.3) is 0 Å². The first-order valence-electron chi connectivity index (χ1n) is 8.26. The van der Waals surface area contributed by atoms with Gasteiger partial charge < -0.3 is 14.8 Å². The van der Waals surface area contributed by atoms with Gasteiger partial charge in [0.1, 0.15) is 0 Å². The second-order valence-corrected chi connectivity index (χ2v) is 6.45. The molecule has 2 bridgehead atoms. The first kappa shape index (κ1) is 13.9. The van der Waals surface area contributed by atoms with E-state index in [0.29, 0.717) is 6.04 Å². The molecule has 2 atom stereocenters. The largest absolute Gasteiger partial charge is 0.342 e. The number of fused-ring (bicyclic) bond motifs is 2. The van der Waals surface area contributed by atoms with Crippen LogP contribution in [0.15, 0.2) is 6.20 Å². The lowest BCUT2D eigenvalue weighted by molar-refractivity contribution is 0.351. The van der Waals surface area contributed by atoms with Crippen LogP contribution >= 0.6 is 0 Å². The predicted molar refractivity (Wildman–Crippen MR) is 83.3 cm³/mol. The van der Waals surface area contributed by atoms with Crippen molar-refractivity contribution in [3.05, 3.63) is 11.9 Å². The number of aryl methyl sites for hydroxylation is 2. The van der Waals surface area contributed by atoms with Crippen LogP contribution in [0.4, 0.5) is 5.95 Å². The van der Waals surface area contributed by atoms with Crippen LogP contribution in [0.25, 0.3) is 0 Å². The topological polar surface area (TPSA) is 33.1 Å². The zero-order valence-electron chi connectivity index (χ0n) is 13.1. The molecule has 1 N–H and O–H groups in total. The summed E-state index contributed by atoms with van der Waals surface area (Å²) >= 11 is 0.